The molecule has 3 rings (SSSR count). The number of para-hydroxylation sites is 1. The monoisotopic (exact) mass is 341 g/mol. The lowest BCUT2D eigenvalue weighted by atomic mass is 10.1. The van der Waals surface area contributed by atoms with Crippen LogP contribution in [0.4, 0.5) is 5.82 Å². The van der Waals surface area contributed by atoms with Crippen molar-refractivity contribution in [3.8, 4) is 0 Å². The minimum Gasteiger partial charge on any atom is -0.460 e. The van der Waals surface area contributed by atoms with Gasteiger partial charge in [-0.3, -0.25) is 0 Å². The number of benzene rings is 1. The maximum atomic E-state index is 12.2. The quantitative estimate of drug-likeness (QED) is 0.703. The van der Waals surface area contributed by atoms with Gasteiger partial charge < -0.3 is 19.6 Å². The van der Waals surface area contributed by atoms with Crippen molar-refractivity contribution in [3.05, 3.63) is 53.7 Å². The largest absolute Gasteiger partial charge is 0.460 e. The summed E-state index contributed by atoms with van der Waals surface area (Å²) in [6.45, 7) is 1.70. The molecular weight excluding hydrogens is 326 g/mol. The number of fused-ring (bicyclic) bond motifs is 1. The Labute approximate surface area is 142 Å². The molecule has 0 saturated heterocycles. The molecule has 0 fully saturated rings. The van der Waals surface area contributed by atoms with Crippen molar-refractivity contribution >= 4 is 28.7 Å². The van der Waals surface area contributed by atoms with Crippen molar-refractivity contribution in [2.24, 2.45) is 0 Å². The summed E-state index contributed by atoms with van der Waals surface area (Å²) in [6, 6.07) is 7.04. The second-order valence-electron chi connectivity index (χ2n) is 4.99. The molecule has 128 valence electrons. The van der Waals surface area contributed by atoms with Crippen LogP contribution in [-0.4, -0.2) is 28.5 Å². The standard InChI is InChI=1S/C17H15N3O5/c1-2-23-17(22)14-11(10-5-3-4-6-12(10)25-14)9-24-16(21)13-15(18)20-8-7-19-13/h3-8H,2,9H2,1H3,(H2,18,20). The van der Waals surface area contributed by atoms with Crippen LogP contribution in [0, 0.1) is 0 Å². The molecule has 8 heteroatoms. The van der Waals surface area contributed by atoms with Gasteiger partial charge in [-0.25, -0.2) is 19.6 Å². The molecule has 0 amide bonds. The third-order valence-corrected chi connectivity index (χ3v) is 3.43. The van der Waals surface area contributed by atoms with Crippen LogP contribution in [0.1, 0.15) is 33.5 Å². The van der Waals surface area contributed by atoms with Crippen molar-refractivity contribution in [2.45, 2.75) is 13.5 Å². The Morgan fingerprint density at radius 2 is 1.88 bits per heavy atom. The molecule has 1 aromatic carbocycles. The molecule has 2 aromatic heterocycles. The first-order valence-electron chi connectivity index (χ1n) is 7.53. The molecule has 0 atom stereocenters. The lowest BCUT2D eigenvalue weighted by Gasteiger charge is -2.06. The number of carbonyl (C=O) groups is 2. The van der Waals surface area contributed by atoms with E-state index in [4.69, 9.17) is 19.6 Å². The molecule has 0 unspecified atom stereocenters. The number of nitrogens with two attached hydrogens (primary N) is 1. The lowest BCUT2D eigenvalue weighted by molar-refractivity contribution is 0.0431. The number of nitrogens with zero attached hydrogens (tertiary/aromatic N) is 2. The SMILES string of the molecule is CCOC(=O)c1oc2ccccc2c1COC(=O)c1nccnc1N. The van der Waals surface area contributed by atoms with E-state index in [1.165, 1.54) is 12.4 Å². The summed E-state index contributed by atoms with van der Waals surface area (Å²) >= 11 is 0. The predicted molar refractivity (Wildman–Crippen MR) is 87.7 cm³/mol. The van der Waals surface area contributed by atoms with Gasteiger partial charge in [0.15, 0.2) is 11.5 Å². The number of hydrogen-bond donors (Lipinski definition) is 1. The van der Waals surface area contributed by atoms with E-state index in [2.05, 4.69) is 9.97 Å². The number of aromatic nitrogens is 2. The molecule has 2 heterocycles. The zero-order valence-electron chi connectivity index (χ0n) is 13.4. The predicted octanol–water partition coefficient (Wildman–Crippen LogP) is 2.34. The zero-order chi connectivity index (χ0) is 17.8. The highest BCUT2D eigenvalue weighted by molar-refractivity contribution is 5.96. The number of nitrogen functional groups attached to an aromatic ring is 1. The maximum Gasteiger partial charge on any atom is 0.374 e. The van der Waals surface area contributed by atoms with Gasteiger partial charge in [-0.15, -0.1) is 0 Å². The van der Waals surface area contributed by atoms with E-state index in [9.17, 15) is 9.59 Å². The van der Waals surface area contributed by atoms with Gasteiger partial charge in [0.25, 0.3) is 0 Å². The van der Waals surface area contributed by atoms with Crippen molar-refractivity contribution < 1.29 is 23.5 Å². The number of esters is 2. The first-order valence-corrected chi connectivity index (χ1v) is 7.53. The third kappa shape index (κ3) is 3.27. The first-order chi connectivity index (χ1) is 12.1. The molecule has 0 saturated carbocycles. The number of furan rings is 1. The number of anilines is 1. The minimum absolute atomic E-state index is 0.00275. The molecule has 25 heavy (non-hydrogen) atoms. The van der Waals surface area contributed by atoms with Crippen LogP contribution in [0.2, 0.25) is 0 Å². The fourth-order valence-corrected chi connectivity index (χ4v) is 2.32. The van der Waals surface area contributed by atoms with Gasteiger partial charge in [-0.05, 0) is 13.0 Å². The van der Waals surface area contributed by atoms with E-state index >= 15 is 0 Å². The summed E-state index contributed by atoms with van der Waals surface area (Å²) in [7, 11) is 0. The second-order valence-corrected chi connectivity index (χ2v) is 4.99. The summed E-state index contributed by atoms with van der Waals surface area (Å²) in [5.41, 5.74) is 6.44. The van der Waals surface area contributed by atoms with Crippen LogP contribution >= 0.6 is 0 Å². The van der Waals surface area contributed by atoms with Gasteiger partial charge in [0.1, 0.15) is 12.2 Å². The average molecular weight is 341 g/mol. The van der Waals surface area contributed by atoms with Crippen LogP contribution in [0.3, 0.4) is 0 Å². The van der Waals surface area contributed by atoms with E-state index in [1.807, 2.05) is 0 Å². The minimum atomic E-state index is -0.745. The Hall–Kier alpha value is -3.42. The highest BCUT2D eigenvalue weighted by Gasteiger charge is 2.23. The van der Waals surface area contributed by atoms with Gasteiger partial charge >= 0.3 is 11.9 Å². The molecule has 0 spiro atoms. The number of ether oxygens (including phenoxy) is 2. The average Bonchev–Trinajstić information content (AvgIpc) is 2.99. The third-order valence-electron chi connectivity index (χ3n) is 3.43. The molecule has 0 aliphatic carbocycles. The summed E-state index contributed by atoms with van der Waals surface area (Å²) in [6.07, 6.45) is 2.71. The summed E-state index contributed by atoms with van der Waals surface area (Å²) in [4.78, 5) is 31.9. The highest BCUT2D eigenvalue weighted by Crippen LogP contribution is 2.27. The smallest absolute Gasteiger partial charge is 0.374 e. The van der Waals surface area contributed by atoms with Gasteiger partial charge in [-0.1, -0.05) is 18.2 Å². The van der Waals surface area contributed by atoms with Crippen molar-refractivity contribution in [1.29, 1.82) is 0 Å². The second kappa shape index (κ2) is 7.00. The number of rotatable bonds is 5. The lowest BCUT2D eigenvalue weighted by Crippen LogP contribution is -2.13. The van der Waals surface area contributed by atoms with E-state index < -0.39 is 11.9 Å². The topological polar surface area (TPSA) is 118 Å². The first kappa shape index (κ1) is 16.4. The molecule has 0 aliphatic heterocycles. The molecular formula is C17H15N3O5. The van der Waals surface area contributed by atoms with Crippen molar-refractivity contribution in [3.63, 3.8) is 0 Å². The number of carbonyl (C=O) groups excluding carboxylic acids is 2. The Morgan fingerprint density at radius 3 is 2.64 bits per heavy atom. The van der Waals surface area contributed by atoms with Crippen LogP contribution < -0.4 is 5.73 Å². The summed E-state index contributed by atoms with van der Waals surface area (Å²) < 4.78 is 15.8. The summed E-state index contributed by atoms with van der Waals surface area (Å²) in [5.74, 6) is -1.40. The normalized spacial score (nSPS) is 10.6. The highest BCUT2D eigenvalue weighted by atomic mass is 16.5. The molecule has 0 aliphatic rings. The van der Waals surface area contributed by atoms with E-state index in [-0.39, 0.29) is 30.5 Å². The Morgan fingerprint density at radius 1 is 1.12 bits per heavy atom. The molecule has 3 aromatic rings. The Balaban J connectivity index is 1.90. The van der Waals surface area contributed by atoms with Gasteiger partial charge in [0.05, 0.1) is 12.2 Å². The fourth-order valence-electron chi connectivity index (χ4n) is 2.32. The van der Waals surface area contributed by atoms with E-state index in [0.717, 1.165) is 0 Å². The fraction of sp³-hybridized carbons (Fsp3) is 0.176. The molecule has 0 bridgehead atoms. The zero-order valence-corrected chi connectivity index (χ0v) is 13.4. The molecule has 8 nitrogen and oxygen atoms in total. The van der Waals surface area contributed by atoms with Gasteiger partial charge in [-0.2, -0.15) is 0 Å². The maximum absolute atomic E-state index is 12.2. The van der Waals surface area contributed by atoms with Crippen LogP contribution in [0.25, 0.3) is 11.0 Å². The van der Waals surface area contributed by atoms with Crippen LogP contribution in [0.5, 0.6) is 0 Å². The Bertz CT molecular complexity index is 935. The van der Waals surface area contributed by atoms with Crippen molar-refractivity contribution in [2.75, 3.05) is 12.3 Å². The molecule has 2 N–H and O–H groups in total. The number of hydrogen-bond acceptors (Lipinski definition) is 8. The van der Waals surface area contributed by atoms with E-state index in [0.29, 0.717) is 16.5 Å². The van der Waals surface area contributed by atoms with Crippen LogP contribution in [0.15, 0.2) is 41.1 Å². The van der Waals surface area contributed by atoms with Crippen molar-refractivity contribution in [1.82, 2.24) is 9.97 Å². The summed E-state index contributed by atoms with van der Waals surface area (Å²) in [5, 5.41) is 0.658. The Kier molecular flexibility index (Phi) is 4.60. The van der Waals surface area contributed by atoms with Gasteiger partial charge in [0.2, 0.25) is 5.76 Å². The molecule has 0 radical (unpaired) electrons. The van der Waals surface area contributed by atoms with E-state index in [1.54, 1.807) is 31.2 Å². The van der Waals surface area contributed by atoms with Crippen LogP contribution in [-0.2, 0) is 16.1 Å². The van der Waals surface area contributed by atoms with Gasteiger partial charge in [0, 0.05) is 17.8 Å².